The number of rotatable bonds is 8. The highest BCUT2D eigenvalue weighted by atomic mass is 16.4. The lowest BCUT2D eigenvalue weighted by Gasteiger charge is -2.24. The van der Waals surface area contributed by atoms with Crippen LogP contribution in [0.25, 0.3) is 0 Å². The van der Waals surface area contributed by atoms with Gasteiger partial charge in [-0.15, -0.1) is 0 Å². The number of aliphatic carboxylic acids is 1. The molecule has 4 heteroatoms. The summed E-state index contributed by atoms with van der Waals surface area (Å²) in [5, 5.41) is 18.0. The van der Waals surface area contributed by atoms with Crippen LogP contribution in [0.4, 0.5) is 0 Å². The van der Waals surface area contributed by atoms with Gasteiger partial charge in [-0.2, -0.15) is 0 Å². The first-order valence-electron chi connectivity index (χ1n) is 6.25. The largest absolute Gasteiger partial charge is 0.480 e. The van der Waals surface area contributed by atoms with Crippen molar-refractivity contribution in [1.82, 2.24) is 4.90 Å². The molecule has 100 valence electrons. The van der Waals surface area contributed by atoms with E-state index >= 15 is 0 Å². The molecule has 0 fully saturated rings. The van der Waals surface area contributed by atoms with Crippen LogP contribution in [0.1, 0.15) is 30.9 Å². The molecule has 4 nitrogen and oxygen atoms in total. The number of unbranched alkanes of at least 4 members (excludes halogenated alkanes) is 2. The van der Waals surface area contributed by atoms with E-state index in [0.717, 1.165) is 24.8 Å². The molecule has 0 aliphatic heterocycles. The third-order valence-corrected chi connectivity index (χ3v) is 2.96. The highest BCUT2D eigenvalue weighted by molar-refractivity contribution is 5.75. The SMILES string of the molecule is CN(CCCCCO)C(C(=O)O)c1ccccc1. The zero-order chi connectivity index (χ0) is 13.4. The molecule has 0 saturated heterocycles. The molecule has 2 N–H and O–H groups in total. The van der Waals surface area contributed by atoms with Gasteiger partial charge >= 0.3 is 5.97 Å². The lowest BCUT2D eigenvalue weighted by Crippen LogP contribution is -2.31. The van der Waals surface area contributed by atoms with E-state index in [1.54, 1.807) is 0 Å². The normalized spacial score (nSPS) is 12.6. The van der Waals surface area contributed by atoms with Gasteiger partial charge in [-0.25, -0.2) is 0 Å². The fourth-order valence-corrected chi connectivity index (χ4v) is 2.00. The number of hydrogen-bond acceptors (Lipinski definition) is 3. The van der Waals surface area contributed by atoms with E-state index in [1.807, 2.05) is 42.3 Å². The van der Waals surface area contributed by atoms with Crippen LogP contribution in [0.15, 0.2) is 30.3 Å². The van der Waals surface area contributed by atoms with E-state index in [1.165, 1.54) is 0 Å². The topological polar surface area (TPSA) is 60.8 Å². The Morgan fingerprint density at radius 1 is 1.22 bits per heavy atom. The van der Waals surface area contributed by atoms with E-state index < -0.39 is 12.0 Å². The van der Waals surface area contributed by atoms with Gasteiger partial charge in [-0.3, -0.25) is 9.69 Å². The highest BCUT2D eigenvalue weighted by Crippen LogP contribution is 2.19. The number of aliphatic hydroxyl groups excluding tert-OH is 1. The number of benzene rings is 1. The number of carbonyl (C=O) groups is 1. The summed E-state index contributed by atoms with van der Waals surface area (Å²) in [4.78, 5) is 13.2. The quantitative estimate of drug-likeness (QED) is 0.693. The summed E-state index contributed by atoms with van der Waals surface area (Å²) < 4.78 is 0. The van der Waals surface area contributed by atoms with Crippen LogP contribution < -0.4 is 0 Å². The molecule has 0 bridgehead atoms. The molecule has 0 spiro atoms. The van der Waals surface area contributed by atoms with Crippen molar-refractivity contribution in [1.29, 1.82) is 0 Å². The minimum Gasteiger partial charge on any atom is -0.480 e. The lowest BCUT2D eigenvalue weighted by molar-refractivity contribution is -0.143. The monoisotopic (exact) mass is 251 g/mol. The molecular formula is C14H21NO3. The number of hydrogen-bond donors (Lipinski definition) is 2. The van der Waals surface area contributed by atoms with Crippen molar-refractivity contribution >= 4 is 5.97 Å². The number of aliphatic hydroxyl groups is 1. The van der Waals surface area contributed by atoms with Crippen molar-refractivity contribution in [3.8, 4) is 0 Å². The third-order valence-electron chi connectivity index (χ3n) is 2.96. The fourth-order valence-electron chi connectivity index (χ4n) is 2.00. The smallest absolute Gasteiger partial charge is 0.325 e. The molecule has 0 heterocycles. The van der Waals surface area contributed by atoms with Crippen LogP contribution in [0, 0.1) is 0 Å². The van der Waals surface area contributed by atoms with Gasteiger partial charge in [-0.1, -0.05) is 30.3 Å². The summed E-state index contributed by atoms with van der Waals surface area (Å²) in [6.07, 6.45) is 2.59. The van der Waals surface area contributed by atoms with Gasteiger partial charge in [0.2, 0.25) is 0 Å². The molecular weight excluding hydrogens is 230 g/mol. The molecule has 1 aromatic rings. The molecule has 0 aromatic heterocycles. The summed E-state index contributed by atoms with van der Waals surface area (Å²) in [6.45, 7) is 0.913. The average molecular weight is 251 g/mol. The van der Waals surface area contributed by atoms with Gasteiger partial charge in [0.15, 0.2) is 0 Å². The second kappa shape index (κ2) is 7.84. The van der Waals surface area contributed by atoms with Gasteiger partial charge in [0.1, 0.15) is 6.04 Å². The molecule has 18 heavy (non-hydrogen) atoms. The maximum Gasteiger partial charge on any atom is 0.325 e. The van der Waals surface area contributed by atoms with Crippen LogP contribution in [-0.4, -0.2) is 41.3 Å². The first-order valence-corrected chi connectivity index (χ1v) is 6.25. The average Bonchev–Trinajstić information content (AvgIpc) is 2.36. The Hall–Kier alpha value is -1.39. The summed E-state index contributed by atoms with van der Waals surface area (Å²) in [7, 11) is 1.82. The van der Waals surface area contributed by atoms with Crippen molar-refractivity contribution in [2.45, 2.75) is 25.3 Å². The second-order valence-corrected chi connectivity index (χ2v) is 4.42. The van der Waals surface area contributed by atoms with Crippen LogP contribution in [0.2, 0.25) is 0 Å². The number of likely N-dealkylation sites (N-methyl/N-ethyl adjacent to an activating group) is 1. The molecule has 1 aromatic carbocycles. The number of carboxylic acid groups (broad SMARTS) is 1. The zero-order valence-corrected chi connectivity index (χ0v) is 10.7. The van der Waals surface area contributed by atoms with Crippen LogP contribution in [0.3, 0.4) is 0 Å². The van der Waals surface area contributed by atoms with E-state index in [-0.39, 0.29) is 6.61 Å². The van der Waals surface area contributed by atoms with E-state index in [9.17, 15) is 9.90 Å². The Morgan fingerprint density at radius 2 is 1.89 bits per heavy atom. The number of carboxylic acids is 1. The van der Waals surface area contributed by atoms with Crippen molar-refractivity contribution < 1.29 is 15.0 Å². The summed E-state index contributed by atoms with van der Waals surface area (Å²) in [5.41, 5.74) is 0.801. The Kier molecular flexibility index (Phi) is 6.39. The minimum absolute atomic E-state index is 0.199. The van der Waals surface area contributed by atoms with Crippen molar-refractivity contribution in [2.75, 3.05) is 20.2 Å². The molecule has 0 aliphatic carbocycles. The predicted octanol–water partition coefficient (Wildman–Crippen LogP) is 1.91. The first kappa shape index (κ1) is 14.7. The summed E-state index contributed by atoms with van der Waals surface area (Å²) in [6, 6.07) is 8.66. The molecule has 0 radical (unpaired) electrons. The Morgan fingerprint density at radius 3 is 2.44 bits per heavy atom. The van der Waals surface area contributed by atoms with E-state index in [4.69, 9.17) is 5.11 Å². The maximum atomic E-state index is 11.3. The number of nitrogens with zero attached hydrogens (tertiary/aromatic N) is 1. The van der Waals surface area contributed by atoms with Gasteiger partial charge < -0.3 is 10.2 Å². The fraction of sp³-hybridized carbons (Fsp3) is 0.500. The maximum absolute atomic E-state index is 11.3. The standard InChI is InChI=1S/C14H21NO3/c1-15(10-6-3-7-11-16)13(14(17)18)12-8-4-2-5-9-12/h2,4-5,8-9,13,16H,3,6-7,10-11H2,1H3,(H,17,18). The van der Waals surface area contributed by atoms with Crippen LogP contribution in [0.5, 0.6) is 0 Å². The van der Waals surface area contributed by atoms with Gasteiger partial charge in [0.25, 0.3) is 0 Å². The summed E-state index contributed by atoms with van der Waals surface area (Å²) in [5.74, 6) is -0.828. The van der Waals surface area contributed by atoms with E-state index in [2.05, 4.69) is 0 Å². The Labute approximate surface area is 108 Å². The predicted molar refractivity (Wildman–Crippen MR) is 70.4 cm³/mol. The Bertz CT molecular complexity index is 353. The lowest BCUT2D eigenvalue weighted by atomic mass is 10.1. The third kappa shape index (κ3) is 4.47. The summed E-state index contributed by atoms with van der Waals surface area (Å²) >= 11 is 0. The van der Waals surface area contributed by atoms with Crippen molar-refractivity contribution in [3.63, 3.8) is 0 Å². The molecule has 0 amide bonds. The first-order chi connectivity index (χ1) is 8.66. The molecule has 0 aliphatic rings. The molecule has 1 unspecified atom stereocenters. The second-order valence-electron chi connectivity index (χ2n) is 4.42. The van der Waals surface area contributed by atoms with E-state index in [0.29, 0.717) is 6.54 Å². The molecule has 1 rings (SSSR count). The van der Waals surface area contributed by atoms with Gasteiger partial charge in [-0.05, 0) is 38.4 Å². The molecule has 0 saturated carbocycles. The highest BCUT2D eigenvalue weighted by Gasteiger charge is 2.23. The van der Waals surface area contributed by atoms with Crippen LogP contribution >= 0.6 is 0 Å². The minimum atomic E-state index is -0.828. The van der Waals surface area contributed by atoms with Crippen molar-refractivity contribution in [2.24, 2.45) is 0 Å². The zero-order valence-electron chi connectivity index (χ0n) is 10.7. The van der Waals surface area contributed by atoms with Crippen LogP contribution in [-0.2, 0) is 4.79 Å². The molecule has 1 atom stereocenters. The Balaban J connectivity index is 2.59. The van der Waals surface area contributed by atoms with Gasteiger partial charge in [0, 0.05) is 6.61 Å². The van der Waals surface area contributed by atoms with Crippen molar-refractivity contribution in [3.05, 3.63) is 35.9 Å². The van der Waals surface area contributed by atoms with Gasteiger partial charge in [0.05, 0.1) is 0 Å².